The van der Waals surface area contributed by atoms with Crippen LogP contribution in [0.1, 0.15) is 34.1 Å². The topological polar surface area (TPSA) is 0 Å². The lowest BCUT2D eigenvalue weighted by atomic mass is 10.0. The molecule has 0 N–H and O–H groups in total. The highest BCUT2D eigenvalue weighted by molar-refractivity contribution is 7.99. The highest BCUT2D eigenvalue weighted by Gasteiger charge is 2.08. The molecule has 0 bridgehead atoms. The average molecular weight is 170 g/mol. The van der Waals surface area contributed by atoms with Gasteiger partial charge in [-0.3, -0.25) is 0 Å². The maximum absolute atomic E-state index is 3.06. The van der Waals surface area contributed by atoms with Crippen molar-refractivity contribution in [1.29, 1.82) is 0 Å². The van der Waals surface area contributed by atoms with Gasteiger partial charge in [-0.05, 0) is 18.1 Å². The summed E-state index contributed by atoms with van der Waals surface area (Å²) in [6.45, 7) is 8.71. The summed E-state index contributed by atoms with van der Waals surface area (Å²) in [5, 5.41) is 0. The second-order valence-corrected chi connectivity index (χ2v) is 4.90. The van der Waals surface area contributed by atoms with Crippen molar-refractivity contribution >= 4 is 11.8 Å². The second kappa shape index (κ2) is 5.55. The molecule has 0 radical (unpaired) electrons. The van der Waals surface area contributed by atoms with Crippen molar-refractivity contribution in [3.05, 3.63) is 0 Å². The third-order valence-electron chi connectivity index (χ3n) is 1.08. The summed E-state index contributed by atoms with van der Waals surface area (Å²) in [5.41, 5.74) is 0.463. The monoisotopic (exact) mass is 170 g/mol. The van der Waals surface area contributed by atoms with Crippen LogP contribution in [-0.2, 0) is 0 Å². The van der Waals surface area contributed by atoms with E-state index in [2.05, 4.69) is 32.6 Å². The van der Waals surface area contributed by atoms with Gasteiger partial charge in [-0.25, -0.2) is 0 Å². The van der Waals surface area contributed by atoms with Crippen molar-refractivity contribution in [1.82, 2.24) is 0 Å². The Hall–Kier alpha value is -0.0900. The van der Waals surface area contributed by atoms with Crippen LogP contribution in [0.25, 0.3) is 0 Å². The second-order valence-electron chi connectivity index (χ2n) is 3.79. The van der Waals surface area contributed by atoms with E-state index >= 15 is 0 Å². The predicted octanol–water partition coefficient (Wildman–Crippen LogP) is 3.18. The van der Waals surface area contributed by atoms with Crippen LogP contribution >= 0.6 is 11.8 Å². The first-order valence-corrected chi connectivity index (χ1v) is 5.19. The minimum absolute atomic E-state index is 0.463. The van der Waals surface area contributed by atoms with Gasteiger partial charge in [0.25, 0.3) is 0 Å². The normalized spacial score (nSPS) is 10.5. The minimum Gasteiger partial charge on any atom is -0.160 e. The molecule has 0 heterocycles. The quantitative estimate of drug-likeness (QED) is 0.463. The smallest absolute Gasteiger partial charge is 0.0179 e. The summed E-state index contributed by atoms with van der Waals surface area (Å²) in [7, 11) is 0. The van der Waals surface area contributed by atoms with Crippen LogP contribution in [0.2, 0.25) is 0 Å². The Labute approximate surface area is 75.1 Å². The Balaban J connectivity index is 3.19. The molecule has 0 aliphatic carbocycles. The van der Waals surface area contributed by atoms with E-state index in [4.69, 9.17) is 0 Å². The highest BCUT2D eigenvalue weighted by Crippen LogP contribution is 2.20. The maximum atomic E-state index is 3.06. The zero-order valence-electron chi connectivity index (χ0n) is 8.03. The van der Waals surface area contributed by atoms with Crippen molar-refractivity contribution in [3.8, 4) is 11.8 Å². The standard InChI is InChI=1S/C10H18S/c1-5-6-7-8-11-9-10(2,3)4/h7-9H2,1-4H3. The molecule has 0 atom stereocenters. The molecule has 0 aromatic carbocycles. The van der Waals surface area contributed by atoms with Crippen LogP contribution < -0.4 is 0 Å². The molecule has 0 aliphatic heterocycles. The molecule has 0 aromatic rings. The SMILES string of the molecule is CC#CCCSCC(C)(C)C. The van der Waals surface area contributed by atoms with Crippen molar-refractivity contribution < 1.29 is 0 Å². The Morgan fingerprint density at radius 1 is 1.27 bits per heavy atom. The van der Waals surface area contributed by atoms with E-state index in [-0.39, 0.29) is 0 Å². The third kappa shape index (κ3) is 9.91. The lowest BCUT2D eigenvalue weighted by Gasteiger charge is -2.16. The summed E-state index contributed by atoms with van der Waals surface area (Å²) < 4.78 is 0. The van der Waals surface area contributed by atoms with Gasteiger partial charge in [0, 0.05) is 12.2 Å². The van der Waals surface area contributed by atoms with Gasteiger partial charge in [-0.2, -0.15) is 11.8 Å². The number of rotatable bonds is 3. The van der Waals surface area contributed by atoms with E-state index < -0.39 is 0 Å². The highest BCUT2D eigenvalue weighted by atomic mass is 32.2. The lowest BCUT2D eigenvalue weighted by Crippen LogP contribution is -2.08. The van der Waals surface area contributed by atoms with E-state index in [0.717, 1.165) is 6.42 Å². The van der Waals surface area contributed by atoms with E-state index in [1.54, 1.807) is 0 Å². The molecule has 0 aliphatic rings. The van der Waals surface area contributed by atoms with Crippen molar-refractivity contribution in [2.24, 2.45) is 5.41 Å². The molecule has 0 saturated carbocycles. The van der Waals surface area contributed by atoms with E-state index in [1.807, 2.05) is 18.7 Å². The van der Waals surface area contributed by atoms with Crippen molar-refractivity contribution in [2.45, 2.75) is 34.1 Å². The molecule has 0 aromatic heterocycles. The molecule has 0 saturated heterocycles. The number of thioether (sulfide) groups is 1. The molecule has 0 fully saturated rings. The molecule has 1 heteroatoms. The fourth-order valence-electron chi connectivity index (χ4n) is 0.627. The van der Waals surface area contributed by atoms with Crippen LogP contribution in [0.5, 0.6) is 0 Å². The first-order valence-electron chi connectivity index (χ1n) is 4.03. The molecular formula is C10H18S. The summed E-state index contributed by atoms with van der Waals surface area (Å²) in [6.07, 6.45) is 1.04. The molecule has 0 rings (SSSR count). The molecule has 11 heavy (non-hydrogen) atoms. The van der Waals surface area contributed by atoms with Gasteiger partial charge in [0.05, 0.1) is 0 Å². The van der Waals surface area contributed by atoms with Crippen molar-refractivity contribution in [2.75, 3.05) is 11.5 Å². The summed E-state index contributed by atoms with van der Waals surface area (Å²) >= 11 is 2.00. The van der Waals surface area contributed by atoms with E-state index in [0.29, 0.717) is 5.41 Å². The zero-order valence-corrected chi connectivity index (χ0v) is 8.85. The van der Waals surface area contributed by atoms with Crippen LogP contribution in [0.15, 0.2) is 0 Å². The molecular weight excluding hydrogens is 152 g/mol. The fourth-order valence-corrected chi connectivity index (χ4v) is 1.63. The molecule has 0 spiro atoms. The first-order chi connectivity index (χ1) is 5.06. The van der Waals surface area contributed by atoms with Crippen LogP contribution in [-0.4, -0.2) is 11.5 Å². The third-order valence-corrected chi connectivity index (χ3v) is 2.65. The molecule has 0 nitrogen and oxygen atoms in total. The van der Waals surface area contributed by atoms with Gasteiger partial charge in [-0.1, -0.05) is 20.8 Å². The Bertz CT molecular complexity index is 142. The van der Waals surface area contributed by atoms with Gasteiger partial charge >= 0.3 is 0 Å². The van der Waals surface area contributed by atoms with Gasteiger partial charge in [0.2, 0.25) is 0 Å². The molecule has 64 valence electrons. The van der Waals surface area contributed by atoms with E-state index in [9.17, 15) is 0 Å². The zero-order chi connectivity index (χ0) is 8.74. The summed E-state index contributed by atoms with van der Waals surface area (Å²) in [5.74, 6) is 8.38. The van der Waals surface area contributed by atoms with Gasteiger partial charge in [0.15, 0.2) is 0 Å². The number of hydrogen-bond donors (Lipinski definition) is 0. The average Bonchev–Trinajstić information content (AvgIpc) is 1.85. The Morgan fingerprint density at radius 2 is 1.91 bits per heavy atom. The van der Waals surface area contributed by atoms with Gasteiger partial charge in [-0.15, -0.1) is 11.8 Å². The van der Waals surface area contributed by atoms with Crippen LogP contribution in [0.4, 0.5) is 0 Å². The molecule has 0 amide bonds. The van der Waals surface area contributed by atoms with Crippen LogP contribution in [0.3, 0.4) is 0 Å². The minimum atomic E-state index is 0.463. The predicted molar refractivity (Wildman–Crippen MR) is 54.8 cm³/mol. The van der Waals surface area contributed by atoms with Gasteiger partial charge in [0.1, 0.15) is 0 Å². The fraction of sp³-hybridized carbons (Fsp3) is 0.800. The Morgan fingerprint density at radius 3 is 2.36 bits per heavy atom. The summed E-state index contributed by atoms with van der Waals surface area (Å²) in [4.78, 5) is 0. The van der Waals surface area contributed by atoms with E-state index in [1.165, 1.54) is 11.5 Å². The maximum Gasteiger partial charge on any atom is 0.0179 e. The van der Waals surface area contributed by atoms with Crippen LogP contribution in [0, 0.1) is 17.3 Å². The summed E-state index contributed by atoms with van der Waals surface area (Å²) in [6, 6.07) is 0. The largest absolute Gasteiger partial charge is 0.160 e. The first kappa shape index (κ1) is 10.9. The molecule has 0 unspecified atom stereocenters. The number of hydrogen-bond acceptors (Lipinski definition) is 1. The van der Waals surface area contributed by atoms with Crippen molar-refractivity contribution in [3.63, 3.8) is 0 Å². The lowest BCUT2D eigenvalue weighted by molar-refractivity contribution is 0.481. The Kier molecular flexibility index (Phi) is 5.50. The van der Waals surface area contributed by atoms with Gasteiger partial charge < -0.3 is 0 Å².